The largest absolute Gasteiger partial charge is 0.477 e. The Morgan fingerprint density at radius 2 is 2.14 bits per heavy atom. The van der Waals surface area contributed by atoms with Gasteiger partial charge in [-0.15, -0.1) is 0 Å². The van der Waals surface area contributed by atoms with Crippen molar-refractivity contribution in [2.75, 3.05) is 13.1 Å². The van der Waals surface area contributed by atoms with E-state index in [1.807, 2.05) is 40.8 Å². The van der Waals surface area contributed by atoms with Gasteiger partial charge in [0.1, 0.15) is 5.69 Å². The molecule has 2 aromatic heterocycles. The van der Waals surface area contributed by atoms with E-state index in [0.29, 0.717) is 5.69 Å². The Balaban J connectivity index is 1.61. The number of aromatic carboxylic acids is 1. The van der Waals surface area contributed by atoms with Gasteiger partial charge in [-0.25, -0.2) is 4.79 Å². The fraction of sp³-hybridized carbons (Fsp3) is 0.467. The maximum atomic E-state index is 11.2. The van der Waals surface area contributed by atoms with E-state index in [2.05, 4.69) is 10.00 Å². The first-order valence-electron chi connectivity index (χ1n) is 7.24. The van der Waals surface area contributed by atoms with E-state index in [1.54, 1.807) is 6.07 Å². The molecule has 1 aliphatic rings. The molecule has 0 bridgehead atoms. The topological polar surface area (TPSA) is 63.3 Å². The molecule has 0 aromatic carbocycles. The van der Waals surface area contributed by atoms with Crippen molar-refractivity contribution < 1.29 is 9.90 Å². The summed E-state index contributed by atoms with van der Waals surface area (Å²) in [5.74, 6) is -0.850. The third-order valence-electron chi connectivity index (χ3n) is 4.26. The average molecular weight is 288 g/mol. The van der Waals surface area contributed by atoms with Gasteiger partial charge in [-0.2, -0.15) is 5.10 Å². The van der Waals surface area contributed by atoms with Crippen LogP contribution in [0.25, 0.3) is 0 Å². The van der Waals surface area contributed by atoms with Crippen LogP contribution in [0.15, 0.2) is 30.6 Å². The van der Waals surface area contributed by atoms with E-state index in [1.165, 1.54) is 5.69 Å². The fourth-order valence-corrected chi connectivity index (χ4v) is 3.03. The molecule has 0 saturated carbocycles. The lowest BCUT2D eigenvalue weighted by molar-refractivity contribution is 0.0678. The molecule has 1 N–H and O–H groups in total. The normalized spacial score (nSPS) is 17.2. The molecule has 2 aromatic rings. The Morgan fingerprint density at radius 1 is 1.38 bits per heavy atom. The Morgan fingerprint density at radius 3 is 2.76 bits per heavy atom. The second kappa shape index (κ2) is 5.73. The van der Waals surface area contributed by atoms with Gasteiger partial charge in [-0.05, 0) is 31.0 Å². The number of carbonyl (C=O) groups is 1. The maximum absolute atomic E-state index is 11.2. The highest BCUT2D eigenvalue weighted by Gasteiger charge is 2.23. The molecular formula is C15H20N4O2. The van der Waals surface area contributed by atoms with Crippen molar-refractivity contribution in [2.45, 2.75) is 25.4 Å². The maximum Gasteiger partial charge on any atom is 0.352 e. The second-order valence-electron chi connectivity index (χ2n) is 5.56. The monoisotopic (exact) mass is 288 g/mol. The number of rotatable bonds is 4. The highest BCUT2D eigenvalue weighted by Crippen LogP contribution is 2.25. The highest BCUT2D eigenvalue weighted by atomic mass is 16.4. The number of carboxylic acids is 1. The zero-order valence-electron chi connectivity index (χ0n) is 12.1. The molecule has 1 fully saturated rings. The van der Waals surface area contributed by atoms with E-state index in [0.717, 1.165) is 32.5 Å². The van der Waals surface area contributed by atoms with Crippen LogP contribution < -0.4 is 0 Å². The second-order valence-corrected chi connectivity index (χ2v) is 5.56. The van der Waals surface area contributed by atoms with Gasteiger partial charge in [-0.1, -0.05) is 0 Å². The molecule has 0 unspecified atom stereocenters. The van der Waals surface area contributed by atoms with E-state index in [9.17, 15) is 9.90 Å². The molecule has 3 rings (SSSR count). The number of aryl methyl sites for hydroxylation is 1. The summed E-state index contributed by atoms with van der Waals surface area (Å²) in [6.45, 7) is 2.86. The zero-order chi connectivity index (χ0) is 14.8. The van der Waals surface area contributed by atoms with Gasteiger partial charge in [0.15, 0.2) is 0 Å². The number of carboxylic acid groups (broad SMARTS) is 1. The van der Waals surface area contributed by atoms with Gasteiger partial charge in [0.25, 0.3) is 0 Å². The van der Waals surface area contributed by atoms with Crippen molar-refractivity contribution in [3.05, 3.63) is 42.0 Å². The molecule has 3 heterocycles. The summed E-state index contributed by atoms with van der Waals surface area (Å²) in [5.41, 5.74) is 1.60. The summed E-state index contributed by atoms with van der Waals surface area (Å²) in [6, 6.07) is 5.81. The summed E-state index contributed by atoms with van der Waals surface area (Å²) in [4.78, 5) is 13.6. The number of piperidine rings is 1. The van der Waals surface area contributed by atoms with Crippen molar-refractivity contribution >= 4 is 5.97 Å². The molecule has 0 aliphatic carbocycles. The van der Waals surface area contributed by atoms with Crippen LogP contribution in [0, 0.1) is 0 Å². The van der Waals surface area contributed by atoms with Crippen LogP contribution in [0.4, 0.5) is 0 Å². The molecule has 21 heavy (non-hydrogen) atoms. The molecule has 112 valence electrons. The first-order chi connectivity index (χ1) is 10.1. The van der Waals surface area contributed by atoms with Gasteiger partial charge < -0.3 is 9.67 Å². The van der Waals surface area contributed by atoms with Crippen LogP contribution >= 0.6 is 0 Å². The van der Waals surface area contributed by atoms with Gasteiger partial charge >= 0.3 is 5.97 Å². The number of nitrogens with zero attached hydrogens (tertiary/aromatic N) is 4. The Kier molecular flexibility index (Phi) is 3.79. The van der Waals surface area contributed by atoms with Crippen molar-refractivity contribution in [1.29, 1.82) is 0 Å². The quantitative estimate of drug-likeness (QED) is 0.931. The van der Waals surface area contributed by atoms with Gasteiger partial charge in [0.2, 0.25) is 0 Å². The summed E-state index contributed by atoms with van der Waals surface area (Å²) >= 11 is 0. The van der Waals surface area contributed by atoms with Crippen LogP contribution in [0.3, 0.4) is 0 Å². The molecule has 6 nitrogen and oxygen atoms in total. The number of hydrogen-bond donors (Lipinski definition) is 1. The van der Waals surface area contributed by atoms with E-state index >= 15 is 0 Å². The van der Waals surface area contributed by atoms with Gasteiger partial charge in [0, 0.05) is 45.1 Å². The number of aromatic nitrogens is 3. The predicted molar refractivity (Wildman–Crippen MR) is 78.1 cm³/mol. The smallest absolute Gasteiger partial charge is 0.352 e. The highest BCUT2D eigenvalue weighted by molar-refractivity contribution is 5.85. The number of likely N-dealkylation sites (tertiary alicyclic amines) is 1. The standard InChI is InChI=1S/C15H20N4O2/c1-17-13(4-7-16-17)11-18-9-5-12(6-10-18)19-8-2-3-14(19)15(20)21/h2-4,7-8,12H,5-6,9-11H2,1H3,(H,20,21). The van der Waals surface area contributed by atoms with Crippen LogP contribution in [-0.2, 0) is 13.6 Å². The molecule has 1 aliphatic heterocycles. The van der Waals surface area contributed by atoms with E-state index in [-0.39, 0.29) is 6.04 Å². The molecule has 0 atom stereocenters. The van der Waals surface area contributed by atoms with E-state index < -0.39 is 5.97 Å². The lowest BCUT2D eigenvalue weighted by Crippen LogP contribution is -2.35. The lowest BCUT2D eigenvalue weighted by Gasteiger charge is -2.33. The average Bonchev–Trinajstić information content (AvgIpc) is 3.10. The Bertz CT molecular complexity index is 623. The van der Waals surface area contributed by atoms with Crippen LogP contribution in [0.5, 0.6) is 0 Å². The SMILES string of the molecule is Cn1nccc1CN1CCC(n2cccc2C(=O)O)CC1. The zero-order valence-corrected chi connectivity index (χ0v) is 12.1. The van der Waals surface area contributed by atoms with E-state index in [4.69, 9.17) is 0 Å². The van der Waals surface area contributed by atoms with Gasteiger partial charge in [0.05, 0.1) is 5.69 Å². The Labute approximate surface area is 123 Å². The van der Waals surface area contributed by atoms with Crippen LogP contribution in [0.1, 0.15) is 35.1 Å². The molecule has 1 saturated heterocycles. The molecule has 6 heteroatoms. The molecule has 0 radical (unpaired) electrons. The minimum absolute atomic E-state index is 0.286. The predicted octanol–water partition coefficient (Wildman–Crippen LogP) is 1.76. The summed E-state index contributed by atoms with van der Waals surface area (Å²) in [6.07, 6.45) is 5.66. The van der Waals surface area contributed by atoms with Crippen molar-refractivity contribution in [3.8, 4) is 0 Å². The molecule has 0 spiro atoms. The van der Waals surface area contributed by atoms with Crippen molar-refractivity contribution in [3.63, 3.8) is 0 Å². The van der Waals surface area contributed by atoms with Crippen LogP contribution in [0.2, 0.25) is 0 Å². The first-order valence-corrected chi connectivity index (χ1v) is 7.24. The fourth-order valence-electron chi connectivity index (χ4n) is 3.03. The third kappa shape index (κ3) is 2.85. The Hall–Kier alpha value is -2.08. The minimum Gasteiger partial charge on any atom is -0.477 e. The molecular weight excluding hydrogens is 268 g/mol. The first kappa shape index (κ1) is 13.9. The van der Waals surface area contributed by atoms with Crippen molar-refractivity contribution in [2.24, 2.45) is 7.05 Å². The number of hydrogen-bond acceptors (Lipinski definition) is 3. The summed E-state index contributed by atoms with van der Waals surface area (Å²) < 4.78 is 3.81. The lowest BCUT2D eigenvalue weighted by atomic mass is 10.0. The summed E-state index contributed by atoms with van der Waals surface area (Å²) in [5, 5.41) is 13.4. The summed E-state index contributed by atoms with van der Waals surface area (Å²) in [7, 11) is 1.96. The van der Waals surface area contributed by atoms with Crippen LogP contribution in [-0.4, -0.2) is 43.4 Å². The van der Waals surface area contributed by atoms with Gasteiger partial charge in [-0.3, -0.25) is 9.58 Å². The molecule has 0 amide bonds. The van der Waals surface area contributed by atoms with Crippen molar-refractivity contribution in [1.82, 2.24) is 19.2 Å². The minimum atomic E-state index is -0.850. The third-order valence-corrected chi connectivity index (χ3v) is 4.26.